The van der Waals surface area contributed by atoms with Crippen molar-refractivity contribution in [2.24, 2.45) is 0 Å². The van der Waals surface area contributed by atoms with Gasteiger partial charge in [-0.15, -0.1) is 0 Å². The molecule has 2 N–H and O–H groups in total. The van der Waals surface area contributed by atoms with E-state index in [1.165, 1.54) is 37.8 Å². The summed E-state index contributed by atoms with van der Waals surface area (Å²) in [6.07, 6.45) is 8.99. The van der Waals surface area contributed by atoms with Crippen molar-refractivity contribution in [1.29, 1.82) is 0 Å². The molecule has 4 heteroatoms. The van der Waals surface area contributed by atoms with Crippen LogP contribution in [-0.2, 0) is 0 Å². The van der Waals surface area contributed by atoms with Gasteiger partial charge in [0.05, 0.1) is 13.2 Å². The first-order valence-electron chi connectivity index (χ1n) is 8.50. The second-order valence-corrected chi connectivity index (χ2v) is 5.61. The van der Waals surface area contributed by atoms with Crippen LogP contribution >= 0.6 is 0 Å². The van der Waals surface area contributed by atoms with Gasteiger partial charge in [0.1, 0.15) is 0 Å². The minimum Gasteiger partial charge on any atom is -0.504 e. The second kappa shape index (κ2) is 11.0. The quantitative estimate of drug-likeness (QED) is 0.420. The maximum atomic E-state index is 9.62. The normalized spacial score (nSPS) is 10.6. The molecule has 0 atom stereocenters. The molecule has 0 heterocycles. The summed E-state index contributed by atoms with van der Waals surface area (Å²) < 4.78 is 11.4. The number of phenolic OH excluding ortho intramolecular Hbond substituents is 2. The Morgan fingerprint density at radius 2 is 1.09 bits per heavy atom. The van der Waals surface area contributed by atoms with Gasteiger partial charge in [-0.25, -0.2) is 0 Å². The fourth-order valence-corrected chi connectivity index (χ4v) is 2.19. The maximum Gasteiger partial charge on any atom is 0.165 e. The summed E-state index contributed by atoms with van der Waals surface area (Å²) in [7, 11) is 0. The predicted octanol–water partition coefficient (Wildman–Crippen LogP) is 5.02. The highest BCUT2D eigenvalue weighted by Gasteiger charge is 2.11. The van der Waals surface area contributed by atoms with Crippen LogP contribution < -0.4 is 9.47 Å². The Balaban J connectivity index is 2.51. The average Bonchev–Trinajstić information content (AvgIpc) is 2.51. The molecular weight excluding hydrogens is 280 g/mol. The van der Waals surface area contributed by atoms with Crippen molar-refractivity contribution in [2.75, 3.05) is 13.2 Å². The lowest BCUT2D eigenvalue weighted by Gasteiger charge is -2.14. The molecule has 0 amide bonds. The number of phenols is 2. The molecular formula is C18H30O4. The number of unbranched alkanes of at least 4 members (excludes halogenated alkanes) is 6. The first-order valence-corrected chi connectivity index (χ1v) is 8.50. The molecule has 0 aliphatic carbocycles. The Morgan fingerprint density at radius 3 is 1.45 bits per heavy atom. The number of hydrogen-bond acceptors (Lipinski definition) is 4. The van der Waals surface area contributed by atoms with E-state index in [9.17, 15) is 10.2 Å². The highest BCUT2D eigenvalue weighted by Crippen LogP contribution is 2.38. The molecule has 0 aliphatic rings. The van der Waals surface area contributed by atoms with Crippen LogP contribution in [0.4, 0.5) is 0 Å². The largest absolute Gasteiger partial charge is 0.504 e. The molecule has 126 valence electrons. The van der Waals surface area contributed by atoms with E-state index >= 15 is 0 Å². The Morgan fingerprint density at radius 1 is 0.682 bits per heavy atom. The third-order valence-electron chi connectivity index (χ3n) is 3.55. The van der Waals surface area contributed by atoms with Crippen molar-refractivity contribution in [1.82, 2.24) is 0 Å². The Kier molecular flexibility index (Phi) is 9.28. The Labute approximate surface area is 134 Å². The molecule has 1 aromatic rings. The van der Waals surface area contributed by atoms with Gasteiger partial charge < -0.3 is 19.7 Å². The first kappa shape index (κ1) is 18.5. The first-order chi connectivity index (χ1) is 10.7. The van der Waals surface area contributed by atoms with E-state index in [1.807, 2.05) is 0 Å². The van der Waals surface area contributed by atoms with E-state index in [2.05, 4.69) is 13.8 Å². The van der Waals surface area contributed by atoms with Gasteiger partial charge in [0.15, 0.2) is 23.0 Å². The SMILES string of the molecule is CCCCCCOc1cc(O)c(O)cc1OCCCCCC. The fraction of sp³-hybridized carbons (Fsp3) is 0.667. The van der Waals surface area contributed by atoms with E-state index in [4.69, 9.17) is 9.47 Å². The van der Waals surface area contributed by atoms with Crippen molar-refractivity contribution >= 4 is 0 Å². The van der Waals surface area contributed by atoms with Crippen LogP contribution in [0.25, 0.3) is 0 Å². The molecule has 1 aromatic carbocycles. The highest BCUT2D eigenvalue weighted by atomic mass is 16.5. The predicted molar refractivity (Wildman–Crippen MR) is 89.0 cm³/mol. The summed E-state index contributed by atoms with van der Waals surface area (Å²) in [5.41, 5.74) is 0. The molecule has 0 radical (unpaired) electrons. The highest BCUT2D eigenvalue weighted by molar-refractivity contribution is 5.52. The lowest BCUT2D eigenvalue weighted by Crippen LogP contribution is -2.02. The third-order valence-corrected chi connectivity index (χ3v) is 3.55. The fourth-order valence-electron chi connectivity index (χ4n) is 2.19. The average molecular weight is 310 g/mol. The number of ether oxygens (including phenoxy) is 2. The van der Waals surface area contributed by atoms with Crippen molar-refractivity contribution in [3.63, 3.8) is 0 Å². The summed E-state index contributed by atoms with van der Waals surface area (Å²) in [5, 5.41) is 19.2. The number of aromatic hydroxyl groups is 2. The molecule has 0 saturated carbocycles. The molecule has 0 unspecified atom stereocenters. The molecule has 0 aliphatic heterocycles. The lowest BCUT2D eigenvalue weighted by molar-refractivity contribution is 0.255. The van der Waals surface area contributed by atoms with E-state index in [1.54, 1.807) is 0 Å². The zero-order valence-electron chi connectivity index (χ0n) is 13.9. The van der Waals surface area contributed by atoms with Gasteiger partial charge in [-0.2, -0.15) is 0 Å². The van der Waals surface area contributed by atoms with E-state index in [-0.39, 0.29) is 11.5 Å². The third kappa shape index (κ3) is 6.92. The molecule has 0 fully saturated rings. The van der Waals surface area contributed by atoms with E-state index in [0.717, 1.165) is 25.7 Å². The van der Waals surface area contributed by atoms with Crippen molar-refractivity contribution < 1.29 is 19.7 Å². The molecule has 0 saturated heterocycles. The summed E-state index contributed by atoms with van der Waals surface area (Å²) in [6.45, 7) is 5.53. The number of benzene rings is 1. The summed E-state index contributed by atoms with van der Waals surface area (Å²) in [4.78, 5) is 0. The van der Waals surface area contributed by atoms with Crippen LogP contribution in [0.15, 0.2) is 12.1 Å². The number of rotatable bonds is 12. The zero-order chi connectivity index (χ0) is 16.2. The Bertz CT molecular complexity index is 379. The minimum atomic E-state index is -0.179. The zero-order valence-corrected chi connectivity index (χ0v) is 13.9. The van der Waals surface area contributed by atoms with Gasteiger partial charge in [-0.1, -0.05) is 52.4 Å². The van der Waals surface area contributed by atoms with Crippen molar-refractivity contribution in [3.8, 4) is 23.0 Å². The van der Waals surface area contributed by atoms with Gasteiger partial charge in [0.25, 0.3) is 0 Å². The Hall–Kier alpha value is -1.58. The summed E-state index contributed by atoms with van der Waals surface area (Å²) in [6, 6.07) is 2.85. The van der Waals surface area contributed by atoms with Crippen LogP contribution in [0, 0.1) is 0 Å². The van der Waals surface area contributed by atoms with Crippen molar-refractivity contribution in [3.05, 3.63) is 12.1 Å². The lowest BCUT2D eigenvalue weighted by atomic mass is 10.2. The van der Waals surface area contributed by atoms with Gasteiger partial charge in [0, 0.05) is 12.1 Å². The second-order valence-electron chi connectivity index (χ2n) is 5.61. The molecule has 22 heavy (non-hydrogen) atoms. The smallest absolute Gasteiger partial charge is 0.165 e. The van der Waals surface area contributed by atoms with Crippen LogP contribution in [0.3, 0.4) is 0 Å². The van der Waals surface area contributed by atoms with E-state index < -0.39 is 0 Å². The molecule has 1 rings (SSSR count). The molecule has 0 spiro atoms. The van der Waals surface area contributed by atoms with Crippen molar-refractivity contribution in [2.45, 2.75) is 65.2 Å². The number of hydrogen-bond donors (Lipinski definition) is 2. The van der Waals surface area contributed by atoms with Crippen LogP contribution in [0.5, 0.6) is 23.0 Å². The summed E-state index contributed by atoms with van der Waals surface area (Å²) in [5.74, 6) is 0.647. The molecule has 0 bridgehead atoms. The standard InChI is InChI=1S/C18H30O4/c1-3-5-7-9-11-21-17-13-15(19)16(20)14-18(17)22-12-10-8-6-4-2/h13-14,19-20H,3-12H2,1-2H3. The van der Waals surface area contributed by atoms with Gasteiger partial charge in [-0.05, 0) is 12.8 Å². The van der Waals surface area contributed by atoms with E-state index in [0.29, 0.717) is 24.7 Å². The molecule has 0 aromatic heterocycles. The van der Waals surface area contributed by atoms with Crippen LogP contribution in [-0.4, -0.2) is 23.4 Å². The summed E-state index contributed by atoms with van der Waals surface area (Å²) >= 11 is 0. The minimum absolute atomic E-state index is 0.179. The van der Waals surface area contributed by atoms with Crippen LogP contribution in [0.1, 0.15) is 65.2 Å². The topological polar surface area (TPSA) is 58.9 Å². The maximum absolute atomic E-state index is 9.62. The van der Waals surface area contributed by atoms with Gasteiger partial charge in [-0.3, -0.25) is 0 Å². The van der Waals surface area contributed by atoms with Crippen LogP contribution in [0.2, 0.25) is 0 Å². The van der Waals surface area contributed by atoms with Gasteiger partial charge >= 0.3 is 0 Å². The monoisotopic (exact) mass is 310 g/mol. The molecule has 4 nitrogen and oxygen atoms in total. The van der Waals surface area contributed by atoms with Gasteiger partial charge in [0.2, 0.25) is 0 Å².